The molecule has 1 atom stereocenters. The molecule has 0 aromatic heterocycles. The molecule has 2 aliphatic carbocycles. The van der Waals surface area contributed by atoms with Crippen molar-refractivity contribution in [3.8, 4) is 0 Å². The largest absolute Gasteiger partial charge is 0.353 e. The summed E-state index contributed by atoms with van der Waals surface area (Å²) >= 11 is 0. The van der Waals surface area contributed by atoms with Crippen LogP contribution in [0, 0.1) is 5.92 Å². The Bertz CT molecular complexity index is 899. The smallest absolute Gasteiger partial charge is 0.157 e. The highest BCUT2D eigenvalue weighted by Gasteiger charge is 2.28. The van der Waals surface area contributed by atoms with Crippen LogP contribution in [0.3, 0.4) is 0 Å². The molecule has 4 aliphatic rings. The maximum absolute atomic E-state index is 5.94. The van der Waals surface area contributed by atoms with E-state index in [1.54, 1.807) is 16.7 Å². The van der Waals surface area contributed by atoms with Gasteiger partial charge in [0.1, 0.15) is 0 Å². The van der Waals surface area contributed by atoms with Crippen molar-refractivity contribution in [3.05, 3.63) is 58.0 Å². The van der Waals surface area contributed by atoms with Crippen molar-refractivity contribution in [1.29, 1.82) is 0 Å². The predicted molar refractivity (Wildman–Crippen MR) is 118 cm³/mol. The molecule has 0 saturated carbocycles. The van der Waals surface area contributed by atoms with E-state index in [-0.39, 0.29) is 6.29 Å². The number of nitrogens with zero attached hydrogens (tertiary/aromatic N) is 1. The number of fused-ring (bicyclic) bond motifs is 2. The van der Waals surface area contributed by atoms with E-state index in [1.807, 2.05) is 0 Å². The Morgan fingerprint density at radius 1 is 1.03 bits per heavy atom. The second-order valence-electron chi connectivity index (χ2n) is 8.80. The van der Waals surface area contributed by atoms with Gasteiger partial charge >= 0.3 is 0 Å². The minimum atomic E-state index is 0.0398. The third-order valence-corrected chi connectivity index (χ3v) is 6.96. The van der Waals surface area contributed by atoms with E-state index in [1.165, 1.54) is 55.6 Å². The minimum absolute atomic E-state index is 0.0398. The normalized spacial score (nSPS) is 25.5. The summed E-state index contributed by atoms with van der Waals surface area (Å²) in [5, 5.41) is 2.86. The molecule has 0 bridgehead atoms. The van der Waals surface area contributed by atoms with E-state index in [4.69, 9.17) is 9.47 Å². The van der Waals surface area contributed by atoms with Crippen molar-refractivity contribution >= 4 is 11.6 Å². The van der Waals surface area contributed by atoms with Crippen molar-refractivity contribution in [3.63, 3.8) is 0 Å². The average Bonchev–Trinajstić information content (AvgIpc) is 3.10. The minimum Gasteiger partial charge on any atom is -0.353 e. The number of hydrogen-bond donors (Lipinski definition) is 0. The Morgan fingerprint density at radius 2 is 1.93 bits per heavy atom. The van der Waals surface area contributed by atoms with Crippen molar-refractivity contribution < 1.29 is 9.47 Å². The zero-order chi connectivity index (χ0) is 19.5. The molecule has 154 valence electrons. The van der Waals surface area contributed by atoms with Crippen molar-refractivity contribution in [2.75, 3.05) is 32.8 Å². The Balaban J connectivity index is 1.20. The standard InChI is InChI=1S/C26H33NO2/c1-2-9-23-20(6-1)7-5-8-22-11-12-24(26(22)23)21-13-15-27(16-14-21)17-19-29-25-10-3-4-18-28-25/h1-2,6-7,9,11-12,21,25H,3-5,8,10,13-19H2. The first-order valence-electron chi connectivity index (χ1n) is 11.5. The summed E-state index contributed by atoms with van der Waals surface area (Å²) in [6.07, 6.45) is 15.6. The highest BCUT2D eigenvalue weighted by atomic mass is 16.7. The molecule has 2 heterocycles. The fourth-order valence-electron chi connectivity index (χ4n) is 5.33. The fourth-order valence-corrected chi connectivity index (χ4v) is 5.33. The van der Waals surface area contributed by atoms with Gasteiger partial charge in [0.05, 0.1) is 6.61 Å². The SMILES string of the molecule is C1=C2CCC=c3ccccc3=C2C(C2CCN(CCOC3CCCCO3)CC2)=C1. The van der Waals surface area contributed by atoms with E-state index in [9.17, 15) is 0 Å². The maximum atomic E-state index is 5.94. The molecule has 3 nitrogen and oxygen atoms in total. The summed E-state index contributed by atoms with van der Waals surface area (Å²) in [6, 6.07) is 8.96. The van der Waals surface area contributed by atoms with Crippen LogP contribution in [0.1, 0.15) is 44.9 Å². The Labute approximate surface area is 174 Å². The number of ether oxygens (including phenoxy) is 2. The van der Waals surface area contributed by atoms with Crippen LogP contribution < -0.4 is 10.4 Å². The number of rotatable bonds is 5. The van der Waals surface area contributed by atoms with E-state index >= 15 is 0 Å². The number of allylic oxidation sites excluding steroid dienone is 4. The molecule has 0 spiro atoms. The third-order valence-electron chi connectivity index (χ3n) is 6.96. The number of piperidine rings is 1. The van der Waals surface area contributed by atoms with Crippen molar-refractivity contribution in [2.45, 2.75) is 51.2 Å². The van der Waals surface area contributed by atoms with E-state index < -0.39 is 0 Å². The van der Waals surface area contributed by atoms with Gasteiger partial charge < -0.3 is 14.4 Å². The molecule has 5 rings (SSSR count). The molecular weight excluding hydrogens is 358 g/mol. The van der Waals surface area contributed by atoms with Gasteiger partial charge in [-0.1, -0.05) is 42.5 Å². The molecule has 2 aliphatic heterocycles. The molecule has 0 N–H and O–H groups in total. The summed E-state index contributed by atoms with van der Waals surface area (Å²) in [4.78, 5) is 2.57. The molecular formula is C26H33NO2. The summed E-state index contributed by atoms with van der Waals surface area (Å²) in [5.41, 5.74) is 4.68. The van der Waals surface area contributed by atoms with Crippen LogP contribution in [0.4, 0.5) is 0 Å². The lowest BCUT2D eigenvalue weighted by atomic mass is 9.83. The molecule has 2 saturated heterocycles. The van der Waals surface area contributed by atoms with Crippen molar-refractivity contribution in [1.82, 2.24) is 4.90 Å². The lowest BCUT2D eigenvalue weighted by molar-refractivity contribution is -0.164. The average molecular weight is 392 g/mol. The topological polar surface area (TPSA) is 21.7 Å². The van der Waals surface area contributed by atoms with Gasteiger partial charge in [0.2, 0.25) is 0 Å². The monoisotopic (exact) mass is 391 g/mol. The molecule has 1 unspecified atom stereocenters. The van der Waals surface area contributed by atoms with Gasteiger partial charge in [-0.2, -0.15) is 0 Å². The van der Waals surface area contributed by atoms with Gasteiger partial charge in [-0.25, -0.2) is 0 Å². The molecule has 1 aromatic rings. The Morgan fingerprint density at radius 3 is 2.79 bits per heavy atom. The first-order valence-corrected chi connectivity index (χ1v) is 11.5. The van der Waals surface area contributed by atoms with Crippen LogP contribution in [-0.4, -0.2) is 44.0 Å². The first-order chi connectivity index (χ1) is 14.4. The van der Waals surface area contributed by atoms with Crippen LogP contribution in [0.15, 0.2) is 47.6 Å². The molecule has 1 aromatic carbocycles. The third kappa shape index (κ3) is 4.28. The lowest BCUT2D eigenvalue weighted by Crippen LogP contribution is -2.38. The molecule has 0 amide bonds. The number of benzene rings is 1. The summed E-state index contributed by atoms with van der Waals surface area (Å²) in [7, 11) is 0. The predicted octanol–water partition coefficient (Wildman–Crippen LogP) is 3.53. The van der Waals surface area contributed by atoms with Gasteiger partial charge in [-0.05, 0) is 91.1 Å². The Hall–Kier alpha value is -1.68. The van der Waals surface area contributed by atoms with Crippen LogP contribution in [-0.2, 0) is 9.47 Å². The highest BCUT2D eigenvalue weighted by Crippen LogP contribution is 2.39. The van der Waals surface area contributed by atoms with Gasteiger partial charge in [0, 0.05) is 13.2 Å². The lowest BCUT2D eigenvalue weighted by Gasteiger charge is -2.33. The molecule has 2 fully saturated rings. The number of likely N-dealkylation sites (tertiary alicyclic amines) is 1. The van der Waals surface area contributed by atoms with Crippen molar-refractivity contribution in [2.24, 2.45) is 5.92 Å². The van der Waals surface area contributed by atoms with Crippen LogP contribution in [0.2, 0.25) is 0 Å². The molecule has 29 heavy (non-hydrogen) atoms. The second kappa shape index (κ2) is 8.99. The highest BCUT2D eigenvalue weighted by molar-refractivity contribution is 5.83. The summed E-state index contributed by atoms with van der Waals surface area (Å²) in [6.45, 7) is 5.04. The van der Waals surface area contributed by atoms with Gasteiger partial charge in [-0.15, -0.1) is 0 Å². The Kier molecular flexibility index (Phi) is 5.98. The molecule has 0 radical (unpaired) electrons. The van der Waals surface area contributed by atoms with Crippen LogP contribution in [0.25, 0.3) is 11.6 Å². The summed E-state index contributed by atoms with van der Waals surface area (Å²) < 4.78 is 11.6. The maximum Gasteiger partial charge on any atom is 0.157 e. The van der Waals surface area contributed by atoms with E-state index in [0.29, 0.717) is 5.92 Å². The quantitative estimate of drug-likeness (QED) is 0.766. The van der Waals surface area contributed by atoms with Crippen LogP contribution in [0.5, 0.6) is 0 Å². The zero-order valence-electron chi connectivity index (χ0n) is 17.4. The van der Waals surface area contributed by atoms with Crippen LogP contribution >= 0.6 is 0 Å². The second-order valence-corrected chi connectivity index (χ2v) is 8.80. The zero-order valence-corrected chi connectivity index (χ0v) is 17.4. The van der Waals surface area contributed by atoms with Gasteiger partial charge in [0.15, 0.2) is 6.29 Å². The van der Waals surface area contributed by atoms with E-state index in [2.05, 4.69) is 47.4 Å². The van der Waals surface area contributed by atoms with Gasteiger partial charge in [0.25, 0.3) is 0 Å². The van der Waals surface area contributed by atoms with Gasteiger partial charge in [-0.3, -0.25) is 0 Å². The summed E-state index contributed by atoms with van der Waals surface area (Å²) in [5.74, 6) is 0.684. The van der Waals surface area contributed by atoms with E-state index in [0.717, 1.165) is 32.6 Å². The first kappa shape index (κ1) is 19.3. The molecule has 3 heteroatoms. The fraction of sp³-hybridized carbons (Fsp3) is 0.538. The number of hydrogen-bond acceptors (Lipinski definition) is 3.